The standard InChI is InChI=1S/C18H17IN4O2S/c1-11-3-6-13(9-15(11)19)20-16(24)10-23-17(21-22-18(23)26)12-4-7-14(25-2)8-5-12/h3-9H,10H2,1-2H3,(H,20,24)(H,22,26). The molecule has 134 valence electrons. The third-order valence-electron chi connectivity index (χ3n) is 3.86. The number of ether oxygens (including phenoxy) is 1. The summed E-state index contributed by atoms with van der Waals surface area (Å²) in [5.41, 5.74) is 2.77. The molecule has 1 aromatic heterocycles. The molecule has 2 aromatic carbocycles. The number of H-pyrrole nitrogens is 1. The van der Waals surface area contributed by atoms with Crippen molar-refractivity contribution in [2.45, 2.75) is 13.5 Å². The summed E-state index contributed by atoms with van der Waals surface area (Å²) < 4.78 is 8.33. The number of aromatic amines is 1. The van der Waals surface area contributed by atoms with Crippen LogP contribution in [0.3, 0.4) is 0 Å². The molecule has 0 atom stereocenters. The number of methoxy groups -OCH3 is 1. The molecule has 1 amide bonds. The summed E-state index contributed by atoms with van der Waals surface area (Å²) in [6.07, 6.45) is 0. The Hall–Kier alpha value is -2.20. The maximum atomic E-state index is 12.5. The van der Waals surface area contributed by atoms with Gasteiger partial charge in [-0.15, -0.1) is 0 Å². The lowest BCUT2D eigenvalue weighted by atomic mass is 10.2. The van der Waals surface area contributed by atoms with E-state index < -0.39 is 0 Å². The summed E-state index contributed by atoms with van der Waals surface area (Å²) in [7, 11) is 1.61. The van der Waals surface area contributed by atoms with Gasteiger partial charge in [0.1, 0.15) is 12.3 Å². The molecule has 0 radical (unpaired) electrons. The van der Waals surface area contributed by atoms with Crippen molar-refractivity contribution >= 4 is 46.4 Å². The van der Waals surface area contributed by atoms with E-state index >= 15 is 0 Å². The van der Waals surface area contributed by atoms with Crippen LogP contribution in [0, 0.1) is 15.3 Å². The maximum absolute atomic E-state index is 12.5. The molecule has 6 nitrogen and oxygen atoms in total. The Balaban J connectivity index is 1.81. The number of rotatable bonds is 5. The first-order chi connectivity index (χ1) is 12.5. The third-order valence-corrected chi connectivity index (χ3v) is 5.34. The molecule has 0 bridgehead atoms. The van der Waals surface area contributed by atoms with Crippen LogP contribution in [0.5, 0.6) is 5.75 Å². The Bertz CT molecular complexity index is 995. The number of amides is 1. The van der Waals surface area contributed by atoms with Crippen molar-refractivity contribution in [2.24, 2.45) is 0 Å². The van der Waals surface area contributed by atoms with Gasteiger partial charge in [-0.05, 0) is 83.7 Å². The topological polar surface area (TPSA) is 71.9 Å². The molecular weight excluding hydrogens is 463 g/mol. The van der Waals surface area contributed by atoms with E-state index in [1.54, 1.807) is 11.7 Å². The first kappa shape index (κ1) is 18.6. The number of benzene rings is 2. The van der Waals surface area contributed by atoms with Gasteiger partial charge in [0.15, 0.2) is 10.6 Å². The molecule has 3 aromatic rings. The Morgan fingerprint density at radius 2 is 2.04 bits per heavy atom. The van der Waals surface area contributed by atoms with Gasteiger partial charge >= 0.3 is 0 Å². The van der Waals surface area contributed by atoms with Crippen LogP contribution in [0.1, 0.15) is 5.56 Å². The van der Waals surface area contributed by atoms with Crippen molar-refractivity contribution in [3.05, 3.63) is 56.4 Å². The Morgan fingerprint density at radius 1 is 1.31 bits per heavy atom. The number of nitrogens with zero attached hydrogens (tertiary/aromatic N) is 2. The van der Waals surface area contributed by atoms with Gasteiger partial charge in [-0.2, -0.15) is 5.10 Å². The van der Waals surface area contributed by atoms with Crippen LogP contribution in [0.4, 0.5) is 5.69 Å². The summed E-state index contributed by atoms with van der Waals surface area (Å²) in [6.45, 7) is 2.10. The molecule has 2 N–H and O–H groups in total. The first-order valence-corrected chi connectivity index (χ1v) is 9.32. The summed E-state index contributed by atoms with van der Waals surface area (Å²) in [6, 6.07) is 13.2. The fourth-order valence-electron chi connectivity index (χ4n) is 2.44. The maximum Gasteiger partial charge on any atom is 0.244 e. The summed E-state index contributed by atoms with van der Waals surface area (Å²) in [5, 5.41) is 9.90. The zero-order valence-electron chi connectivity index (χ0n) is 14.2. The minimum atomic E-state index is -0.170. The van der Waals surface area contributed by atoms with Gasteiger partial charge in [0.25, 0.3) is 0 Å². The predicted octanol–water partition coefficient (Wildman–Crippen LogP) is 4.17. The lowest BCUT2D eigenvalue weighted by molar-refractivity contribution is -0.116. The normalized spacial score (nSPS) is 10.6. The minimum absolute atomic E-state index is 0.0706. The van der Waals surface area contributed by atoms with Gasteiger partial charge < -0.3 is 10.1 Å². The van der Waals surface area contributed by atoms with Crippen LogP contribution in [0.2, 0.25) is 0 Å². The number of carbonyl (C=O) groups excluding carboxylic acids is 1. The Labute approximate surface area is 169 Å². The van der Waals surface area contributed by atoms with E-state index in [1.165, 1.54) is 5.56 Å². The molecule has 0 aliphatic heterocycles. The van der Waals surface area contributed by atoms with Gasteiger partial charge in [-0.3, -0.25) is 14.5 Å². The third kappa shape index (κ3) is 4.13. The van der Waals surface area contributed by atoms with E-state index in [1.807, 2.05) is 49.4 Å². The van der Waals surface area contributed by atoms with Crippen molar-refractivity contribution in [1.82, 2.24) is 14.8 Å². The largest absolute Gasteiger partial charge is 0.497 e. The highest BCUT2D eigenvalue weighted by atomic mass is 127. The van der Waals surface area contributed by atoms with Gasteiger partial charge in [-0.25, -0.2) is 0 Å². The van der Waals surface area contributed by atoms with Crippen LogP contribution in [0.25, 0.3) is 11.4 Å². The fourth-order valence-corrected chi connectivity index (χ4v) is 3.15. The molecule has 0 unspecified atom stereocenters. The van der Waals surface area contributed by atoms with E-state index in [-0.39, 0.29) is 12.5 Å². The summed E-state index contributed by atoms with van der Waals surface area (Å²) in [5.74, 6) is 1.18. The molecule has 1 heterocycles. The highest BCUT2D eigenvalue weighted by Gasteiger charge is 2.13. The van der Waals surface area contributed by atoms with Crippen molar-refractivity contribution in [3.63, 3.8) is 0 Å². The second-order valence-corrected chi connectivity index (χ2v) is 7.23. The Morgan fingerprint density at radius 3 is 2.69 bits per heavy atom. The lowest BCUT2D eigenvalue weighted by Gasteiger charge is -2.09. The second-order valence-electron chi connectivity index (χ2n) is 5.68. The molecule has 0 aliphatic carbocycles. The van der Waals surface area contributed by atoms with Crippen molar-refractivity contribution in [2.75, 3.05) is 12.4 Å². The fraction of sp³-hybridized carbons (Fsp3) is 0.167. The monoisotopic (exact) mass is 480 g/mol. The predicted molar refractivity (Wildman–Crippen MR) is 112 cm³/mol. The van der Waals surface area contributed by atoms with Crippen molar-refractivity contribution in [1.29, 1.82) is 0 Å². The van der Waals surface area contributed by atoms with E-state index in [9.17, 15) is 4.79 Å². The van der Waals surface area contributed by atoms with Crippen LogP contribution >= 0.6 is 34.8 Å². The average Bonchev–Trinajstić information content (AvgIpc) is 2.99. The first-order valence-electron chi connectivity index (χ1n) is 7.83. The van der Waals surface area contributed by atoms with Gasteiger partial charge in [0.2, 0.25) is 5.91 Å². The summed E-state index contributed by atoms with van der Waals surface area (Å²) >= 11 is 7.53. The molecule has 8 heteroatoms. The highest BCUT2D eigenvalue weighted by molar-refractivity contribution is 14.1. The smallest absolute Gasteiger partial charge is 0.244 e. The quantitative estimate of drug-likeness (QED) is 0.425. The number of aromatic nitrogens is 3. The van der Waals surface area contributed by atoms with Crippen LogP contribution in [-0.4, -0.2) is 27.8 Å². The number of carbonyl (C=O) groups is 1. The molecule has 0 fully saturated rings. The number of nitrogens with one attached hydrogen (secondary N) is 2. The SMILES string of the molecule is COc1ccc(-c2n[nH]c(=S)n2CC(=O)Nc2ccc(C)c(I)c2)cc1. The molecular formula is C18H17IN4O2S. The second kappa shape index (κ2) is 8.00. The molecule has 0 spiro atoms. The minimum Gasteiger partial charge on any atom is -0.497 e. The molecule has 3 rings (SSSR count). The molecule has 26 heavy (non-hydrogen) atoms. The lowest BCUT2D eigenvalue weighted by Crippen LogP contribution is -2.19. The van der Waals surface area contributed by atoms with E-state index in [4.69, 9.17) is 17.0 Å². The highest BCUT2D eigenvalue weighted by Crippen LogP contribution is 2.21. The number of aryl methyl sites for hydroxylation is 1. The van der Waals surface area contributed by atoms with Crippen molar-refractivity contribution < 1.29 is 9.53 Å². The van der Waals surface area contributed by atoms with E-state index in [2.05, 4.69) is 38.1 Å². The molecule has 0 aliphatic rings. The average molecular weight is 480 g/mol. The van der Waals surface area contributed by atoms with Crippen LogP contribution in [0.15, 0.2) is 42.5 Å². The molecule has 0 saturated heterocycles. The van der Waals surface area contributed by atoms with Gasteiger partial charge in [-0.1, -0.05) is 6.07 Å². The number of hydrogen-bond acceptors (Lipinski definition) is 4. The van der Waals surface area contributed by atoms with E-state index in [0.717, 1.165) is 20.6 Å². The zero-order chi connectivity index (χ0) is 18.7. The zero-order valence-corrected chi connectivity index (χ0v) is 17.2. The number of hydrogen-bond donors (Lipinski definition) is 2. The van der Waals surface area contributed by atoms with Gasteiger partial charge in [0, 0.05) is 14.8 Å². The number of halogens is 1. The van der Waals surface area contributed by atoms with Gasteiger partial charge in [0.05, 0.1) is 7.11 Å². The van der Waals surface area contributed by atoms with Crippen LogP contribution < -0.4 is 10.1 Å². The summed E-state index contributed by atoms with van der Waals surface area (Å²) in [4.78, 5) is 12.5. The Kier molecular flexibility index (Phi) is 5.72. The molecule has 0 saturated carbocycles. The van der Waals surface area contributed by atoms with Crippen molar-refractivity contribution in [3.8, 4) is 17.1 Å². The van der Waals surface area contributed by atoms with Crippen LogP contribution in [-0.2, 0) is 11.3 Å². The number of anilines is 1. The van der Waals surface area contributed by atoms with E-state index in [0.29, 0.717) is 10.6 Å².